The van der Waals surface area contributed by atoms with Crippen molar-refractivity contribution in [1.29, 1.82) is 0 Å². The highest BCUT2D eigenvalue weighted by atomic mass is 32.1. The van der Waals surface area contributed by atoms with Gasteiger partial charge in [-0.15, -0.1) is 11.3 Å². The summed E-state index contributed by atoms with van der Waals surface area (Å²) in [5.41, 5.74) is 1.46. The highest BCUT2D eigenvalue weighted by Gasteiger charge is 2.32. The lowest BCUT2D eigenvalue weighted by molar-refractivity contribution is -0.139. The first kappa shape index (κ1) is 15.9. The Morgan fingerprint density at radius 2 is 2.26 bits per heavy atom. The first-order valence-electron chi connectivity index (χ1n) is 7.86. The summed E-state index contributed by atoms with van der Waals surface area (Å²) < 4.78 is 1.64. The number of aromatic nitrogens is 2. The van der Waals surface area contributed by atoms with Gasteiger partial charge in [-0.05, 0) is 31.7 Å². The van der Waals surface area contributed by atoms with E-state index in [2.05, 4.69) is 11.6 Å². The summed E-state index contributed by atoms with van der Waals surface area (Å²) in [7, 11) is 0. The Hall–Kier alpha value is -1.95. The maximum atomic E-state index is 13.0. The molecule has 1 aliphatic carbocycles. The Labute approximate surface area is 138 Å². The van der Waals surface area contributed by atoms with Crippen LogP contribution >= 0.6 is 11.3 Å². The Morgan fingerprint density at radius 1 is 1.52 bits per heavy atom. The molecule has 2 aromatic rings. The van der Waals surface area contributed by atoms with Crippen molar-refractivity contribution in [1.82, 2.24) is 9.55 Å². The first-order valence-corrected chi connectivity index (χ1v) is 8.67. The maximum Gasteiger partial charge on any atom is 0.311 e. The van der Waals surface area contributed by atoms with Gasteiger partial charge < -0.3 is 5.11 Å². The number of aryl methyl sites for hydroxylation is 2. The van der Waals surface area contributed by atoms with Crippen LogP contribution in [0.5, 0.6) is 0 Å². The number of carboxylic acids is 1. The van der Waals surface area contributed by atoms with Crippen LogP contribution in [0.15, 0.2) is 16.9 Å². The third-order valence-electron chi connectivity index (χ3n) is 4.29. The third kappa shape index (κ3) is 2.61. The van der Waals surface area contributed by atoms with Crippen molar-refractivity contribution in [3.05, 3.63) is 38.8 Å². The second-order valence-electron chi connectivity index (χ2n) is 6.13. The Balaban J connectivity index is 2.34. The smallest absolute Gasteiger partial charge is 0.311 e. The van der Waals surface area contributed by atoms with Crippen molar-refractivity contribution in [2.45, 2.75) is 52.0 Å². The average molecular weight is 332 g/mol. The van der Waals surface area contributed by atoms with Gasteiger partial charge in [0.15, 0.2) is 0 Å². The minimum Gasteiger partial charge on any atom is -0.481 e. The summed E-state index contributed by atoms with van der Waals surface area (Å²) in [4.78, 5) is 31.0. The molecule has 0 spiro atoms. The summed E-state index contributed by atoms with van der Waals surface area (Å²) in [5.74, 6) is -0.709. The number of hydrogen-bond acceptors (Lipinski definition) is 4. The van der Waals surface area contributed by atoms with Gasteiger partial charge in [0.1, 0.15) is 10.7 Å². The van der Waals surface area contributed by atoms with E-state index in [-0.39, 0.29) is 5.56 Å². The molecule has 1 N–H and O–H groups in total. The van der Waals surface area contributed by atoms with E-state index < -0.39 is 11.9 Å². The molecule has 0 amide bonds. The molecule has 1 atom stereocenters. The minimum absolute atomic E-state index is 0.125. The first-order chi connectivity index (χ1) is 10.9. The quantitative estimate of drug-likeness (QED) is 0.873. The second kappa shape index (κ2) is 5.92. The van der Waals surface area contributed by atoms with E-state index in [1.54, 1.807) is 4.57 Å². The molecular weight excluding hydrogens is 312 g/mol. The molecule has 0 aromatic carbocycles. The molecule has 0 fully saturated rings. The largest absolute Gasteiger partial charge is 0.481 e. The number of fused-ring (bicyclic) bond motifs is 3. The SMILES string of the molecule is C=C(C)Cn1c(CC)nc2sc3c(c2c1=O)C(C(=O)O)CCC3. The summed E-state index contributed by atoms with van der Waals surface area (Å²) >= 11 is 1.48. The predicted molar refractivity (Wildman–Crippen MR) is 91.4 cm³/mol. The number of rotatable bonds is 4. The molecule has 1 aliphatic rings. The number of carboxylic acid groups (broad SMARTS) is 1. The minimum atomic E-state index is -0.851. The molecule has 2 heterocycles. The zero-order valence-corrected chi connectivity index (χ0v) is 14.2. The Morgan fingerprint density at radius 3 is 2.87 bits per heavy atom. The van der Waals surface area contributed by atoms with E-state index >= 15 is 0 Å². The van der Waals surface area contributed by atoms with Crippen molar-refractivity contribution in [2.24, 2.45) is 0 Å². The summed E-state index contributed by atoms with van der Waals surface area (Å²) in [6.07, 6.45) is 2.92. The molecule has 0 radical (unpaired) electrons. The van der Waals surface area contributed by atoms with Gasteiger partial charge >= 0.3 is 5.97 Å². The Kier molecular flexibility index (Phi) is 4.10. The van der Waals surface area contributed by atoms with Crippen molar-refractivity contribution in [3.8, 4) is 0 Å². The monoisotopic (exact) mass is 332 g/mol. The fraction of sp³-hybridized carbons (Fsp3) is 0.471. The van der Waals surface area contributed by atoms with E-state index in [1.165, 1.54) is 11.3 Å². The zero-order valence-electron chi connectivity index (χ0n) is 13.4. The topological polar surface area (TPSA) is 72.2 Å². The van der Waals surface area contributed by atoms with Crippen LogP contribution in [0.25, 0.3) is 10.2 Å². The second-order valence-corrected chi connectivity index (χ2v) is 7.22. The molecule has 0 saturated carbocycles. The highest BCUT2D eigenvalue weighted by molar-refractivity contribution is 7.18. The Bertz CT molecular complexity index is 863. The summed E-state index contributed by atoms with van der Waals surface area (Å²) in [6, 6.07) is 0. The molecule has 3 rings (SSSR count). The van der Waals surface area contributed by atoms with E-state index in [9.17, 15) is 14.7 Å². The van der Waals surface area contributed by atoms with Crippen LogP contribution in [-0.2, 0) is 24.2 Å². The molecule has 23 heavy (non-hydrogen) atoms. The maximum absolute atomic E-state index is 13.0. The number of hydrogen-bond donors (Lipinski definition) is 1. The van der Waals surface area contributed by atoms with Crippen LogP contribution in [-0.4, -0.2) is 20.6 Å². The molecule has 6 heteroatoms. The van der Waals surface area contributed by atoms with Crippen LogP contribution in [0.1, 0.15) is 48.9 Å². The molecular formula is C17H20N2O3S. The summed E-state index contributed by atoms with van der Waals surface area (Å²) in [6.45, 7) is 8.15. The number of nitrogens with zero attached hydrogens (tertiary/aromatic N) is 2. The predicted octanol–water partition coefficient (Wildman–Crippen LogP) is 3.10. The van der Waals surface area contributed by atoms with Crippen molar-refractivity contribution < 1.29 is 9.90 Å². The van der Waals surface area contributed by atoms with Crippen molar-refractivity contribution in [2.75, 3.05) is 0 Å². The fourth-order valence-corrected chi connectivity index (χ4v) is 4.59. The van der Waals surface area contributed by atoms with Crippen LogP contribution < -0.4 is 5.56 Å². The van der Waals surface area contributed by atoms with Gasteiger partial charge in [-0.1, -0.05) is 19.1 Å². The number of carbonyl (C=O) groups is 1. The van der Waals surface area contributed by atoms with Crippen molar-refractivity contribution >= 4 is 27.5 Å². The lowest BCUT2D eigenvalue weighted by atomic mass is 9.86. The molecule has 1 unspecified atom stereocenters. The molecule has 0 bridgehead atoms. The summed E-state index contributed by atoms with van der Waals surface area (Å²) in [5, 5.41) is 10.0. The van der Waals surface area contributed by atoms with Crippen LogP contribution in [0.4, 0.5) is 0 Å². The molecule has 0 aliphatic heterocycles. The standard InChI is InChI=1S/C17H20N2O3S/c1-4-12-18-15-14(16(20)19(12)8-9(2)3)13-10(17(21)22)6-5-7-11(13)23-15/h10H,2,4-8H2,1,3H3,(H,21,22). The van der Waals surface area contributed by atoms with Crippen LogP contribution in [0, 0.1) is 0 Å². The van der Waals surface area contributed by atoms with Gasteiger partial charge in [0.05, 0.1) is 11.3 Å². The van der Waals surface area contributed by atoms with Crippen LogP contribution in [0.2, 0.25) is 0 Å². The number of aliphatic carboxylic acids is 1. The highest BCUT2D eigenvalue weighted by Crippen LogP contribution is 2.40. The lowest BCUT2D eigenvalue weighted by Crippen LogP contribution is -2.27. The zero-order chi connectivity index (χ0) is 16.7. The number of allylic oxidation sites excluding steroid dienone is 1. The van der Waals surface area contributed by atoms with Crippen LogP contribution in [0.3, 0.4) is 0 Å². The van der Waals surface area contributed by atoms with Gasteiger partial charge in [0.2, 0.25) is 0 Å². The molecule has 5 nitrogen and oxygen atoms in total. The van der Waals surface area contributed by atoms with Gasteiger partial charge in [-0.3, -0.25) is 14.2 Å². The van der Waals surface area contributed by atoms with Gasteiger partial charge in [0, 0.05) is 17.8 Å². The van der Waals surface area contributed by atoms with Gasteiger partial charge in [-0.25, -0.2) is 4.98 Å². The van der Waals surface area contributed by atoms with Crippen molar-refractivity contribution in [3.63, 3.8) is 0 Å². The van der Waals surface area contributed by atoms with Gasteiger partial charge in [-0.2, -0.15) is 0 Å². The fourth-order valence-electron chi connectivity index (χ4n) is 3.31. The van der Waals surface area contributed by atoms with E-state index in [0.29, 0.717) is 35.2 Å². The average Bonchev–Trinajstić information content (AvgIpc) is 2.87. The normalized spacial score (nSPS) is 17.2. The molecule has 122 valence electrons. The third-order valence-corrected chi connectivity index (χ3v) is 5.45. The van der Waals surface area contributed by atoms with E-state index in [4.69, 9.17) is 0 Å². The lowest BCUT2D eigenvalue weighted by Gasteiger charge is -2.19. The van der Waals surface area contributed by atoms with E-state index in [0.717, 1.165) is 29.1 Å². The van der Waals surface area contributed by atoms with E-state index in [1.807, 2.05) is 13.8 Å². The van der Waals surface area contributed by atoms with Gasteiger partial charge in [0.25, 0.3) is 5.56 Å². The molecule has 0 saturated heterocycles. The molecule has 2 aromatic heterocycles. The number of thiophene rings is 1.